The lowest BCUT2D eigenvalue weighted by Crippen LogP contribution is -2.34. The molecule has 2 aromatic rings. The lowest BCUT2D eigenvalue weighted by molar-refractivity contribution is 0.212. The Labute approximate surface area is 143 Å². The highest BCUT2D eigenvalue weighted by Crippen LogP contribution is 2.17. The Balaban J connectivity index is 1.90. The first-order chi connectivity index (χ1) is 11.7. The Hall–Kier alpha value is -2.56. The maximum absolute atomic E-state index is 12.4. The summed E-state index contributed by atoms with van der Waals surface area (Å²) in [4.78, 5) is 18.2. The van der Waals surface area contributed by atoms with E-state index in [1.54, 1.807) is 17.3 Å². The van der Waals surface area contributed by atoms with Crippen molar-refractivity contribution in [2.75, 3.05) is 18.5 Å². The molecule has 0 unspecified atom stereocenters. The summed E-state index contributed by atoms with van der Waals surface area (Å²) in [5.41, 5.74) is 1.82. The van der Waals surface area contributed by atoms with E-state index >= 15 is 0 Å². The first-order valence-corrected chi connectivity index (χ1v) is 8.40. The van der Waals surface area contributed by atoms with Crippen molar-refractivity contribution in [3.8, 4) is 5.75 Å². The van der Waals surface area contributed by atoms with E-state index in [0.29, 0.717) is 13.1 Å². The highest BCUT2D eigenvalue weighted by atomic mass is 16.5. The molecule has 0 saturated heterocycles. The summed E-state index contributed by atoms with van der Waals surface area (Å²) in [6.07, 6.45) is 5.62. The largest absolute Gasteiger partial charge is 0.494 e. The molecule has 0 radical (unpaired) electrons. The first-order valence-electron chi connectivity index (χ1n) is 8.40. The number of nitrogens with zero attached hydrogens (tertiary/aromatic N) is 2. The molecular formula is C19H25N3O2. The van der Waals surface area contributed by atoms with Crippen molar-refractivity contribution in [1.82, 2.24) is 9.88 Å². The van der Waals surface area contributed by atoms with Gasteiger partial charge in [-0.25, -0.2) is 4.79 Å². The van der Waals surface area contributed by atoms with Crippen molar-refractivity contribution < 1.29 is 9.53 Å². The molecule has 5 heteroatoms. The Bertz CT molecular complexity index is 614. The number of hydrogen-bond acceptors (Lipinski definition) is 3. The third-order valence-corrected chi connectivity index (χ3v) is 3.66. The quantitative estimate of drug-likeness (QED) is 0.735. The normalized spacial score (nSPS) is 10.2. The molecule has 24 heavy (non-hydrogen) atoms. The van der Waals surface area contributed by atoms with Crippen LogP contribution in [0.2, 0.25) is 0 Å². The topological polar surface area (TPSA) is 54.5 Å². The van der Waals surface area contributed by atoms with Crippen LogP contribution in [-0.2, 0) is 6.54 Å². The predicted molar refractivity (Wildman–Crippen MR) is 96.2 cm³/mol. The highest BCUT2D eigenvalue weighted by molar-refractivity contribution is 5.89. The van der Waals surface area contributed by atoms with Gasteiger partial charge in [-0.3, -0.25) is 4.98 Å². The molecule has 0 spiro atoms. The number of hydrogen-bond donors (Lipinski definition) is 1. The number of nitrogens with one attached hydrogen (secondary N) is 1. The van der Waals surface area contributed by atoms with Gasteiger partial charge in [0.25, 0.3) is 0 Å². The number of benzene rings is 1. The van der Waals surface area contributed by atoms with Crippen molar-refractivity contribution in [3.05, 3.63) is 54.4 Å². The van der Waals surface area contributed by atoms with Gasteiger partial charge in [0.05, 0.1) is 6.61 Å². The molecule has 0 aliphatic heterocycles. The minimum atomic E-state index is -0.117. The molecule has 5 nitrogen and oxygen atoms in total. The zero-order valence-electron chi connectivity index (χ0n) is 14.4. The summed E-state index contributed by atoms with van der Waals surface area (Å²) in [6, 6.07) is 11.2. The van der Waals surface area contributed by atoms with Gasteiger partial charge >= 0.3 is 6.03 Å². The number of rotatable bonds is 8. The van der Waals surface area contributed by atoms with Gasteiger partial charge in [-0.2, -0.15) is 0 Å². The molecular weight excluding hydrogens is 302 g/mol. The van der Waals surface area contributed by atoms with Crippen molar-refractivity contribution in [1.29, 1.82) is 0 Å². The lowest BCUT2D eigenvalue weighted by atomic mass is 10.2. The summed E-state index contributed by atoms with van der Waals surface area (Å²) in [6.45, 7) is 6.01. The van der Waals surface area contributed by atoms with Gasteiger partial charge in [-0.15, -0.1) is 0 Å². The van der Waals surface area contributed by atoms with Crippen LogP contribution in [0.25, 0.3) is 0 Å². The van der Waals surface area contributed by atoms with Gasteiger partial charge in [-0.05, 0) is 55.3 Å². The second-order valence-corrected chi connectivity index (χ2v) is 5.53. The number of amides is 2. The van der Waals surface area contributed by atoms with Crippen LogP contribution in [0.15, 0.2) is 48.8 Å². The molecule has 128 valence electrons. The monoisotopic (exact) mass is 327 g/mol. The summed E-state index contributed by atoms with van der Waals surface area (Å²) in [7, 11) is 0. The molecule has 0 atom stereocenters. The number of ether oxygens (including phenoxy) is 1. The number of pyridine rings is 1. The Morgan fingerprint density at radius 3 is 2.46 bits per heavy atom. The van der Waals surface area contributed by atoms with E-state index in [1.807, 2.05) is 43.3 Å². The van der Waals surface area contributed by atoms with E-state index in [9.17, 15) is 4.79 Å². The fourth-order valence-corrected chi connectivity index (χ4v) is 2.21. The van der Waals surface area contributed by atoms with Crippen LogP contribution in [0.1, 0.15) is 32.3 Å². The van der Waals surface area contributed by atoms with E-state index in [1.165, 1.54) is 0 Å². The summed E-state index contributed by atoms with van der Waals surface area (Å²) < 4.78 is 5.62. The van der Waals surface area contributed by atoms with Crippen LogP contribution in [0, 0.1) is 0 Å². The molecule has 1 N–H and O–H groups in total. The van der Waals surface area contributed by atoms with Crippen LogP contribution >= 0.6 is 0 Å². The molecule has 0 bridgehead atoms. The second-order valence-electron chi connectivity index (χ2n) is 5.53. The molecule has 2 rings (SSSR count). The van der Waals surface area contributed by atoms with Gasteiger partial charge in [0, 0.05) is 31.2 Å². The van der Waals surface area contributed by atoms with Crippen molar-refractivity contribution in [3.63, 3.8) is 0 Å². The molecule has 0 saturated carbocycles. The van der Waals surface area contributed by atoms with Crippen molar-refractivity contribution in [2.24, 2.45) is 0 Å². The molecule has 2 amide bonds. The molecule has 1 aromatic carbocycles. The van der Waals surface area contributed by atoms with Gasteiger partial charge < -0.3 is 15.0 Å². The summed E-state index contributed by atoms with van der Waals surface area (Å²) in [5.74, 6) is 0.825. The van der Waals surface area contributed by atoms with Gasteiger partial charge in [0.15, 0.2) is 0 Å². The molecule has 1 heterocycles. The Morgan fingerprint density at radius 1 is 1.12 bits per heavy atom. The van der Waals surface area contributed by atoms with Crippen molar-refractivity contribution in [2.45, 2.75) is 33.2 Å². The average Bonchev–Trinajstić information content (AvgIpc) is 2.62. The smallest absolute Gasteiger partial charge is 0.322 e. The molecule has 1 aromatic heterocycles. The fraction of sp³-hybridized carbons (Fsp3) is 0.368. The third-order valence-electron chi connectivity index (χ3n) is 3.66. The lowest BCUT2D eigenvalue weighted by Gasteiger charge is -2.21. The first kappa shape index (κ1) is 17.8. The number of unbranched alkanes of at least 4 members (excludes halogenated alkanes) is 1. The third kappa shape index (κ3) is 5.57. The molecule has 0 aliphatic carbocycles. The SMILES string of the molecule is CCCCOc1ccc(NC(=O)N(CC)Cc2ccncc2)cc1. The molecule has 0 aliphatic rings. The van der Waals surface area contributed by atoms with Gasteiger partial charge in [-0.1, -0.05) is 13.3 Å². The van der Waals surface area contributed by atoms with Crippen LogP contribution in [0.4, 0.5) is 10.5 Å². The number of anilines is 1. The van der Waals surface area contributed by atoms with E-state index < -0.39 is 0 Å². The summed E-state index contributed by atoms with van der Waals surface area (Å²) in [5, 5.41) is 2.92. The fourth-order valence-electron chi connectivity index (χ4n) is 2.21. The van der Waals surface area contributed by atoms with Crippen LogP contribution in [0.3, 0.4) is 0 Å². The van der Waals surface area contributed by atoms with Gasteiger partial charge in [0.2, 0.25) is 0 Å². The maximum Gasteiger partial charge on any atom is 0.322 e. The number of carbonyl (C=O) groups excluding carboxylic acids is 1. The Morgan fingerprint density at radius 2 is 1.83 bits per heavy atom. The molecule has 0 fully saturated rings. The van der Waals surface area contributed by atoms with E-state index in [0.717, 1.165) is 36.4 Å². The van der Waals surface area contributed by atoms with Crippen LogP contribution in [-0.4, -0.2) is 29.1 Å². The van der Waals surface area contributed by atoms with E-state index in [-0.39, 0.29) is 6.03 Å². The number of aromatic nitrogens is 1. The average molecular weight is 327 g/mol. The highest BCUT2D eigenvalue weighted by Gasteiger charge is 2.12. The Kier molecular flexibility index (Phi) is 7.08. The number of carbonyl (C=O) groups is 1. The van der Waals surface area contributed by atoms with Crippen LogP contribution < -0.4 is 10.1 Å². The second kappa shape index (κ2) is 9.55. The van der Waals surface area contributed by atoms with E-state index in [2.05, 4.69) is 17.2 Å². The number of urea groups is 1. The van der Waals surface area contributed by atoms with Gasteiger partial charge in [0.1, 0.15) is 5.75 Å². The van der Waals surface area contributed by atoms with Crippen molar-refractivity contribution >= 4 is 11.7 Å². The zero-order valence-corrected chi connectivity index (χ0v) is 14.4. The predicted octanol–water partition coefficient (Wildman–Crippen LogP) is 4.31. The van der Waals surface area contributed by atoms with E-state index in [4.69, 9.17) is 4.74 Å². The van der Waals surface area contributed by atoms with Crippen LogP contribution in [0.5, 0.6) is 5.75 Å². The maximum atomic E-state index is 12.4. The minimum Gasteiger partial charge on any atom is -0.494 e. The zero-order chi connectivity index (χ0) is 17.2. The standard InChI is InChI=1S/C19H25N3O2/c1-3-5-14-24-18-8-6-17(7-9-18)21-19(23)22(4-2)15-16-10-12-20-13-11-16/h6-13H,3-5,14-15H2,1-2H3,(H,21,23). The minimum absolute atomic E-state index is 0.117. The summed E-state index contributed by atoms with van der Waals surface area (Å²) >= 11 is 0.